The average molecular weight is 268 g/mol. The Balaban J connectivity index is 2.43. The third-order valence-electron chi connectivity index (χ3n) is 2.00. The van der Waals surface area contributed by atoms with Crippen molar-refractivity contribution >= 4 is 11.8 Å². The molecular formula is C13H17FN2O3. The number of carbonyl (C=O) groups is 2. The fourth-order valence-corrected chi connectivity index (χ4v) is 1.15. The maximum absolute atomic E-state index is 13.3. The maximum atomic E-state index is 13.3. The predicted molar refractivity (Wildman–Crippen MR) is 67.7 cm³/mol. The van der Waals surface area contributed by atoms with Gasteiger partial charge < -0.3 is 5.32 Å². The summed E-state index contributed by atoms with van der Waals surface area (Å²) in [7, 11) is 0. The van der Waals surface area contributed by atoms with Crippen molar-refractivity contribution in [3.63, 3.8) is 0 Å². The third-order valence-corrected chi connectivity index (χ3v) is 2.00. The van der Waals surface area contributed by atoms with Crippen LogP contribution in [0.25, 0.3) is 0 Å². The molecule has 6 heteroatoms. The average Bonchev–Trinajstić information content (AvgIpc) is 2.33. The van der Waals surface area contributed by atoms with Crippen molar-refractivity contribution in [1.82, 2.24) is 10.8 Å². The number of nitrogens with one attached hydrogen (secondary N) is 2. The fourth-order valence-electron chi connectivity index (χ4n) is 1.15. The number of carbonyl (C=O) groups excluding carboxylic acids is 2. The van der Waals surface area contributed by atoms with Gasteiger partial charge in [0.25, 0.3) is 11.8 Å². The minimum atomic E-state index is -0.649. The van der Waals surface area contributed by atoms with Crippen molar-refractivity contribution in [3.8, 4) is 0 Å². The minimum Gasteiger partial charge on any atom is -0.343 e. The van der Waals surface area contributed by atoms with Gasteiger partial charge in [0.1, 0.15) is 5.82 Å². The number of amides is 2. The lowest BCUT2D eigenvalue weighted by molar-refractivity contribution is -0.144. The Bertz CT molecular complexity index is 469. The standard InChI is InChI=1S/C13H17FN2O3/c1-13(2,3)19-16-11(17)8-15-12(18)9-6-4-5-7-10(9)14/h4-7H,8H2,1-3H3,(H,15,18)(H,16,17). The summed E-state index contributed by atoms with van der Waals surface area (Å²) in [6.45, 7) is 5.02. The Morgan fingerprint density at radius 3 is 2.47 bits per heavy atom. The molecule has 0 aliphatic rings. The van der Waals surface area contributed by atoms with Gasteiger partial charge in [-0.1, -0.05) is 12.1 Å². The van der Waals surface area contributed by atoms with Crippen LogP contribution in [0, 0.1) is 5.82 Å². The van der Waals surface area contributed by atoms with Crippen molar-refractivity contribution < 1.29 is 18.8 Å². The lowest BCUT2D eigenvalue weighted by Crippen LogP contribution is -2.40. The van der Waals surface area contributed by atoms with Crippen LogP contribution in [0.15, 0.2) is 24.3 Å². The van der Waals surface area contributed by atoms with Gasteiger partial charge in [0.2, 0.25) is 0 Å². The summed E-state index contributed by atoms with van der Waals surface area (Å²) in [5, 5.41) is 2.30. The molecule has 0 fully saturated rings. The van der Waals surface area contributed by atoms with E-state index in [1.165, 1.54) is 18.2 Å². The second kappa shape index (κ2) is 6.29. The number of benzene rings is 1. The van der Waals surface area contributed by atoms with E-state index in [0.717, 1.165) is 0 Å². The number of hydrogen-bond donors (Lipinski definition) is 2. The molecule has 0 aliphatic carbocycles. The summed E-state index contributed by atoms with van der Waals surface area (Å²) in [5.74, 6) is -1.80. The minimum absolute atomic E-state index is 0.105. The van der Waals surface area contributed by atoms with Crippen molar-refractivity contribution in [2.75, 3.05) is 6.54 Å². The third kappa shape index (κ3) is 5.48. The number of rotatable bonds is 4. The number of halogens is 1. The molecule has 0 heterocycles. The highest BCUT2D eigenvalue weighted by molar-refractivity contribution is 5.96. The Labute approximate surface area is 111 Å². The Morgan fingerprint density at radius 1 is 1.26 bits per heavy atom. The molecule has 0 aliphatic heterocycles. The molecule has 0 aromatic heterocycles. The van der Waals surface area contributed by atoms with Crippen molar-refractivity contribution in [2.24, 2.45) is 0 Å². The van der Waals surface area contributed by atoms with E-state index in [0.29, 0.717) is 0 Å². The van der Waals surface area contributed by atoms with Gasteiger partial charge in [0, 0.05) is 0 Å². The van der Waals surface area contributed by atoms with E-state index in [9.17, 15) is 14.0 Å². The molecule has 1 aromatic carbocycles. The summed E-state index contributed by atoms with van der Waals surface area (Å²) in [5.41, 5.74) is 1.57. The smallest absolute Gasteiger partial charge is 0.262 e. The summed E-state index contributed by atoms with van der Waals surface area (Å²) in [6.07, 6.45) is 0. The number of hydroxylamine groups is 1. The zero-order valence-corrected chi connectivity index (χ0v) is 11.1. The van der Waals surface area contributed by atoms with E-state index >= 15 is 0 Å². The van der Waals surface area contributed by atoms with E-state index in [-0.39, 0.29) is 12.1 Å². The molecule has 5 nitrogen and oxygen atoms in total. The molecule has 1 aromatic rings. The van der Waals surface area contributed by atoms with Gasteiger partial charge >= 0.3 is 0 Å². The molecule has 0 bridgehead atoms. The first-order chi connectivity index (χ1) is 8.79. The lowest BCUT2D eigenvalue weighted by Gasteiger charge is -2.18. The largest absolute Gasteiger partial charge is 0.343 e. The molecule has 2 amide bonds. The monoisotopic (exact) mass is 268 g/mol. The Morgan fingerprint density at radius 2 is 1.89 bits per heavy atom. The summed E-state index contributed by atoms with van der Waals surface area (Å²) >= 11 is 0. The van der Waals surface area contributed by atoms with Gasteiger partial charge in [0.05, 0.1) is 17.7 Å². The first-order valence-electron chi connectivity index (χ1n) is 5.79. The molecule has 0 atom stereocenters. The van der Waals surface area contributed by atoms with Gasteiger partial charge in [-0.05, 0) is 32.9 Å². The van der Waals surface area contributed by atoms with Crippen LogP contribution in [-0.2, 0) is 9.63 Å². The fraction of sp³-hybridized carbons (Fsp3) is 0.385. The molecule has 0 unspecified atom stereocenters. The van der Waals surface area contributed by atoms with Crippen LogP contribution in [0.1, 0.15) is 31.1 Å². The van der Waals surface area contributed by atoms with Crippen LogP contribution in [-0.4, -0.2) is 24.0 Å². The quantitative estimate of drug-likeness (QED) is 0.811. The van der Waals surface area contributed by atoms with Crippen molar-refractivity contribution in [1.29, 1.82) is 0 Å². The zero-order chi connectivity index (χ0) is 14.5. The first-order valence-corrected chi connectivity index (χ1v) is 5.79. The molecule has 0 saturated heterocycles. The van der Waals surface area contributed by atoms with Gasteiger partial charge in [-0.3, -0.25) is 14.4 Å². The van der Waals surface area contributed by atoms with Crippen LogP contribution in [0.3, 0.4) is 0 Å². The van der Waals surface area contributed by atoms with Crippen molar-refractivity contribution in [2.45, 2.75) is 26.4 Å². The second-order valence-electron chi connectivity index (χ2n) is 4.90. The van der Waals surface area contributed by atoms with Crippen molar-refractivity contribution in [3.05, 3.63) is 35.6 Å². The maximum Gasteiger partial charge on any atom is 0.262 e. The SMILES string of the molecule is CC(C)(C)ONC(=O)CNC(=O)c1ccccc1F. The van der Waals surface area contributed by atoms with Gasteiger partial charge in [-0.25, -0.2) is 9.87 Å². The van der Waals surface area contributed by atoms with E-state index in [2.05, 4.69) is 10.8 Å². The molecule has 2 N–H and O–H groups in total. The molecule has 0 radical (unpaired) electrons. The zero-order valence-electron chi connectivity index (χ0n) is 11.1. The molecule has 104 valence electrons. The van der Waals surface area contributed by atoms with E-state index in [1.807, 2.05) is 0 Å². The molecule has 0 saturated carbocycles. The summed E-state index contributed by atoms with van der Waals surface area (Å²) < 4.78 is 13.3. The molecule has 1 rings (SSSR count). The molecule has 19 heavy (non-hydrogen) atoms. The van der Waals surface area contributed by atoms with Crippen LogP contribution in [0.4, 0.5) is 4.39 Å². The van der Waals surface area contributed by atoms with Crippen LogP contribution < -0.4 is 10.8 Å². The molecular weight excluding hydrogens is 251 g/mol. The Kier molecular flexibility index (Phi) is 5.00. The highest BCUT2D eigenvalue weighted by Gasteiger charge is 2.14. The predicted octanol–water partition coefficient (Wildman–Crippen LogP) is 1.40. The second-order valence-corrected chi connectivity index (χ2v) is 4.90. The lowest BCUT2D eigenvalue weighted by atomic mass is 10.2. The van der Waals surface area contributed by atoms with E-state index in [4.69, 9.17) is 4.84 Å². The highest BCUT2D eigenvalue weighted by Crippen LogP contribution is 2.05. The topological polar surface area (TPSA) is 67.4 Å². The van der Waals surface area contributed by atoms with Crippen LogP contribution >= 0.6 is 0 Å². The summed E-state index contributed by atoms with van der Waals surface area (Å²) in [6, 6.07) is 5.54. The Hall–Kier alpha value is -1.95. The van der Waals surface area contributed by atoms with Crippen LogP contribution in [0.5, 0.6) is 0 Å². The summed E-state index contributed by atoms with van der Waals surface area (Å²) in [4.78, 5) is 28.0. The van der Waals surface area contributed by atoms with Gasteiger partial charge in [0.15, 0.2) is 0 Å². The van der Waals surface area contributed by atoms with E-state index in [1.54, 1.807) is 26.8 Å². The highest BCUT2D eigenvalue weighted by atomic mass is 19.1. The van der Waals surface area contributed by atoms with Gasteiger partial charge in [-0.2, -0.15) is 0 Å². The van der Waals surface area contributed by atoms with Crippen LogP contribution in [0.2, 0.25) is 0 Å². The normalized spacial score (nSPS) is 10.9. The van der Waals surface area contributed by atoms with E-state index < -0.39 is 23.2 Å². The van der Waals surface area contributed by atoms with Gasteiger partial charge in [-0.15, -0.1) is 0 Å². The number of hydrogen-bond acceptors (Lipinski definition) is 3. The molecule has 0 spiro atoms. The first kappa shape index (κ1) is 15.1.